The van der Waals surface area contributed by atoms with E-state index < -0.39 is 12.8 Å². The van der Waals surface area contributed by atoms with Gasteiger partial charge in [-0.2, -0.15) is 4.58 Å². The fraction of sp³-hybridized carbons (Fsp3) is 0.625. The van der Waals surface area contributed by atoms with E-state index in [0.717, 1.165) is 0 Å². The van der Waals surface area contributed by atoms with Crippen LogP contribution in [0.3, 0.4) is 0 Å². The molecule has 0 aromatic carbocycles. The molecule has 1 N–H and O–H groups in total. The number of aromatic nitrogens is 3. The second-order valence-corrected chi connectivity index (χ2v) is 7.75. The van der Waals surface area contributed by atoms with Crippen LogP contribution in [0.25, 0.3) is 0 Å². The van der Waals surface area contributed by atoms with E-state index in [-0.39, 0.29) is 19.6 Å². The molecule has 1 atom stereocenters. The molecule has 0 amide bonds. The Morgan fingerprint density at radius 3 is 2.19 bits per heavy atom. The third-order valence-electron chi connectivity index (χ3n) is 1.47. The fourth-order valence-corrected chi connectivity index (χ4v) is 1.88. The fourth-order valence-electron chi connectivity index (χ4n) is 0.720. The maximum absolute atomic E-state index is 9.37. The van der Waals surface area contributed by atoms with Crippen LogP contribution in [-0.2, 0) is 17.9 Å². The van der Waals surface area contributed by atoms with Gasteiger partial charge < -0.3 is 9.22 Å². The highest BCUT2D eigenvalue weighted by molar-refractivity contribution is 6.67. The van der Waals surface area contributed by atoms with Crippen LogP contribution in [0.15, 0.2) is 18.5 Å². The first-order chi connectivity index (χ1) is 9.83. The minimum Gasteiger partial charge on any atom is -0.365 e. The van der Waals surface area contributed by atoms with Gasteiger partial charge in [0.1, 0.15) is 0 Å². The Labute approximate surface area is 142 Å². The van der Waals surface area contributed by atoms with Gasteiger partial charge in [0, 0.05) is 13.0 Å². The highest BCUT2D eigenvalue weighted by atomic mass is 35.6. The van der Waals surface area contributed by atoms with Crippen molar-refractivity contribution in [1.29, 1.82) is 0 Å². The summed E-state index contributed by atoms with van der Waals surface area (Å²) in [6.45, 7) is 1.72. The SMILES string of the molecule is CCO[Si](O)(OCl)OOCCC(Cl)(Cl)Cl.c1cnnnc1. The average Bonchev–Trinajstić information content (AvgIpc) is 2.46. The molecule has 13 heteroatoms. The van der Waals surface area contributed by atoms with E-state index in [1.54, 1.807) is 25.4 Å². The lowest BCUT2D eigenvalue weighted by molar-refractivity contribution is -0.263. The van der Waals surface area contributed by atoms with Gasteiger partial charge in [-0.15, -0.1) is 10.2 Å². The van der Waals surface area contributed by atoms with Crippen molar-refractivity contribution in [2.24, 2.45) is 0 Å². The Hall–Kier alpha value is 0.187. The summed E-state index contributed by atoms with van der Waals surface area (Å²) in [6, 6.07) is 1.72. The highest BCUT2D eigenvalue weighted by Gasteiger charge is 2.43. The third kappa shape index (κ3) is 13.6. The molecule has 8 nitrogen and oxygen atoms in total. The number of halogens is 4. The molecule has 122 valence electrons. The van der Waals surface area contributed by atoms with Crippen molar-refractivity contribution >= 4 is 55.7 Å². The summed E-state index contributed by atoms with van der Waals surface area (Å²) < 4.78 is 11.8. The van der Waals surface area contributed by atoms with Crippen LogP contribution < -0.4 is 0 Å². The number of nitrogens with zero attached hydrogens (tertiary/aromatic N) is 3. The predicted molar refractivity (Wildman–Crippen MR) is 78.3 cm³/mol. The second kappa shape index (κ2) is 11.7. The van der Waals surface area contributed by atoms with Gasteiger partial charge in [-0.3, -0.25) is 0 Å². The largest absolute Gasteiger partial charge is 0.722 e. The number of rotatable bonds is 7. The monoisotopic (exact) mass is 399 g/mol. The molecule has 1 unspecified atom stereocenters. The molecule has 21 heavy (non-hydrogen) atoms. The lowest BCUT2D eigenvalue weighted by Crippen LogP contribution is -2.44. The second-order valence-electron chi connectivity index (χ2n) is 3.12. The molecule has 1 heterocycles. The Morgan fingerprint density at radius 2 is 1.86 bits per heavy atom. The van der Waals surface area contributed by atoms with Gasteiger partial charge in [0.2, 0.25) is 0 Å². The average molecular weight is 401 g/mol. The van der Waals surface area contributed by atoms with Gasteiger partial charge in [-0.1, -0.05) is 34.8 Å². The van der Waals surface area contributed by atoms with E-state index in [4.69, 9.17) is 51.1 Å². The van der Waals surface area contributed by atoms with Crippen molar-refractivity contribution in [3.8, 4) is 0 Å². The van der Waals surface area contributed by atoms with E-state index in [1.165, 1.54) is 0 Å². The van der Waals surface area contributed by atoms with Crippen molar-refractivity contribution in [2.75, 3.05) is 13.2 Å². The minimum atomic E-state index is -3.91. The minimum absolute atomic E-state index is 0.0564. The van der Waals surface area contributed by atoms with Crippen LogP contribution >= 0.6 is 46.7 Å². The van der Waals surface area contributed by atoms with Crippen LogP contribution in [0.1, 0.15) is 13.3 Å². The molecule has 0 aliphatic heterocycles. The molecule has 0 aliphatic rings. The zero-order valence-electron chi connectivity index (χ0n) is 10.8. The highest BCUT2D eigenvalue weighted by Crippen LogP contribution is 2.29. The van der Waals surface area contributed by atoms with Gasteiger partial charge in [0.25, 0.3) is 0 Å². The topological polar surface area (TPSA) is 95.8 Å². The Morgan fingerprint density at radius 1 is 1.24 bits per heavy atom. The van der Waals surface area contributed by atoms with Crippen LogP contribution in [0.5, 0.6) is 0 Å². The molecule has 0 aliphatic carbocycles. The molecule has 0 saturated carbocycles. The van der Waals surface area contributed by atoms with Crippen LogP contribution in [-0.4, -0.2) is 46.3 Å². The maximum atomic E-state index is 9.37. The molecule has 1 aromatic heterocycles. The smallest absolute Gasteiger partial charge is 0.365 e. The number of alkyl halides is 3. The lowest BCUT2D eigenvalue weighted by Gasteiger charge is -2.17. The van der Waals surface area contributed by atoms with Crippen LogP contribution in [0.4, 0.5) is 0 Å². The lowest BCUT2D eigenvalue weighted by atomic mass is 10.5. The summed E-state index contributed by atoms with van der Waals surface area (Å²) in [5.74, 6) is 0. The Kier molecular flexibility index (Phi) is 11.8. The van der Waals surface area contributed by atoms with Gasteiger partial charge in [-0.25, -0.2) is 8.87 Å². The van der Waals surface area contributed by atoms with E-state index in [1.807, 2.05) is 0 Å². The van der Waals surface area contributed by atoms with E-state index in [9.17, 15) is 4.80 Å². The van der Waals surface area contributed by atoms with Crippen molar-refractivity contribution in [3.05, 3.63) is 18.5 Å². The third-order valence-corrected chi connectivity index (χ3v) is 3.79. The van der Waals surface area contributed by atoms with Gasteiger partial charge in [0.05, 0.1) is 30.9 Å². The first-order valence-corrected chi connectivity index (χ1v) is 8.56. The molecule has 0 bridgehead atoms. The quantitative estimate of drug-likeness (QED) is 0.244. The standard InChI is InChI=1S/C5H10Cl4O5Si.C3H3N3/c1-2-12-15(10,13-9)14-11-4-3-5(6,7)8;1-2-4-6-5-3-1/h10H,2-4H2,1H3;1-3H. The van der Waals surface area contributed by atoms with Crippen molar-refractivity contribution in [3.63, 3.8) is 0 Å². The summed E-state index contributed by atoms with van der Waals surface area (Å²) in [7, 11) is -3.91. The number of hydrogen-bond acceptors (Lipinski definition) is 8. The maximum Gasteiger partial charge on any atom is 0.722 e. The summed E-state index contributed by atoms with van der Waals surface area (Å²) in [6.07, 6.45) is 3.23. The molecular formula is C8H13Cl4N3O5Si. The summed E-state index contributed by atoms with van der Waals surface area (Å²) in [5, 5.41) is 10.1. The zero-order chi connectivity index (χ0) is 16.2. The molecule has 0 fully saturated rings. The first-order valence-electron chi connectivity index (χ1n) is 5.44. The van der Waals surface area contributed by atoms with Gasteiger partial charge in [-0.05, 0) is 18.2 Å². The molecule has 0 saturated heterocycles. The molecular weight excluding hydrogens is 388 g/mol. The van der Waals surface area contributed by atoms with Crippen LogP contribution in [0.2, 0.25) is 0 Å². The molecule has 1 aromatic rings. The number of hydrogen-bond donors (Lipinski definition) is 1. The van der Waals surface area contributed by atoms with Crippen molar-refractivity contribution in [2.45, 2.75) is 17.1 Å². The Balaban J connectivity index is 0.000000547. The Bertz CT molecular complexity index is 337. The summed E-state index contributed by atoms with van der Waals surface area (Å²) in [4.78, 5) is 13.9. The van der Waals surface area contributed by atoms with E-state index in [0.29, 0.717) is 0 Å². The molecule has 0 spiro atoms. The molecule has 1 rings (SSSR count). The van der Waals surface area contributed by atoms with E-state index in [2.05, 4.69) is 28.9 Å². The van der Waals surface area contributed by atoms with Crippen molar-refractivity contribution in [1.82, 2.24) is 15.4 Å². The first kappa shape index (κ1) is 21.2. The van der Waals surface area contributed by atoms with Gasteiger partial charge in [0.15, 0.2) is 3.79 Å². The van der Waals surface area contributed by atoms with Crippen LogP contribution in [0, 0.1) is 0 Å². The van der Waals surface area contributed by atoms with Crippen molar-refractivity contribution < 1.29 is 22.7 Å². The summed E-state index contributed by atoms with van der Waals surface area (Å²) >= 11 is 21.3. The summed E-state index contributed by atoms with van der Waals surface area (Å²) in [5.41, 5.74) is 0. The zero-order valence-corrected chi connectivity index (χ0v) is 14.8. The van der Waals surface area contributed by atoms with E-state index >= 15 is 0 Å². The molecule has 0 radical (unpaired) electrons. The predicted octanol–water partition coefficient (Wildman–Crippen LogP) is 2.20. The van der Waals surface area contributed by atoms with Gasteiger partial charge >= 0.3 is 9.05 Å². The normalized spacial score (nSPS) is 14.0.